The first-order chi connectivity index (χ1) is 10.6. The average molecular weight is 288 g/mol. The molecule has 0 fully saturated rings. The van der Waals surface area contributed by atoms with E-state index in [4.69, 9.17) is 6.57 Å². The minimum Gasteiger partial charge on any atom is -0.322 e. The molecular weight excluding hydrogens is 272 g/mol. The maximum atomic E-state index is 12.4. The third kappa shape index (κ3) is 2.40. The van der Waals surface area contributed by atoms with Crippen LogP contribution in [0.25, 0.3) is 10.4 Å². The molecule has 0 saturated carbocycles. The van der Waals surface area contributed by atoms with Crippen molar-refractivity contribution in [2.24, 2.45) is 0 Å². The van der Waals surface area contributed by atoms with Gasteiger partial charge in [-0.25, -0.2) is 4.85 Å². The van der Waals surface area contributed by atoms with Crippen molar-refractivity contribution in [2.75, 3.05) is 5.32 Å². The number of carbonyl (C=O) groups excluding carboxylic acids is 1. The Morgan fingerprint density at radius 1 is 1.23 bits per heavy atom. The Morgan fingerprint density at radius 2 is 2.05 bits per heavy atom. The summed E-state index contributed by atoms with van der Waals surface area (Å²) in [4.78, 5) is 15.8. The van der Waals surface area contributed by atoms with Crippen LogP contribution in [-0.2, 0) is 6.42 Å². The van der Waals surface area contributed by atoms with Crippen LogP contribution in [0.5, 0.6) is 0 Å². The largest absolute Gasteiger partial charge is 0.322 e. The van der Waals surface area contributed by atoms with E-state index in [2.05, 4.69) is 30.1 Å². The molecule has 0 aromatic heterocycles. The average Bonchev–Trinajstić information content (AvgIpc) is 2.93. The van der Waals surface area contributed by atoms with E-state index in [1.54, 1.807) is 24.3 Å². The predicted molar refractivity (Wildman–Crippen MR) is 89.2 cm³/mol. The molecule has 1 aliphatic rings. The summed E-state index contributed by atoms with van der Waals surface area (Å²) >= 11 is 0. The molecule has 1 aliphatic carbocycles. The Kier molecular flexibility index (Phi) is 3.52. The summed E-state index contributed by atoms with van der Waals surface area (Å²) < 4.78 is 0. The summed E-state index contributed by atoms with van der Waals surface area (Å²) in [6, 6.07) is 10.8. The predicted octanol–water partition coefficient (Wildman–Crippen LogP) is 4.76. The van der Waals surface area contributed by atoms with Gasteiger partial charge in [0.25, 0.3) is 5.91 Å². The molecule has 3 rings (SSSR count). The molecule has 0 saturated heterocycles. The molecule has 2 aromatic rings. The van der Waals surface area contributed by atoms with Crippen molar-refractivity contribution < 1.29 is 4.79 Å². The van der Waals surface area contributed by atoms with Gasteiger partial charge in [-0.3, -0.25) is 4.79 Å². The van der Waals surface area contributed by atoms with Crippen molar-refractivity contribution in [2.45, 2.75) is 20.3 Å². The van der Waals surface area contributed by atoms with Crippen LogP contribution in [0.15, 0.2) is 42.5 Å². The van der Waals surface area contributed by atoms with Crippen LogP contribution in [0.2, 0.25) is 0 Å². The van der Waals surface area contributed by atoms with Gasteiger partial charge < -0.3 is 5.32 Å². The van der Waals surface area contributed by atoms with Crippen LogP contribution < -0.4 is 5.32 Å². The van der Waals surface area contributed by atoms with Crippen LogP contribution in [0.3, 0.4) is 0 Å². The van der Waals surface area contributed by atoms with Gasteiger partial charge in [-0.2, -0.15) is 0 Å². The second kappa shape index (κ2) is 5.50. The van der Waals surface area contributed by atoms with E-state index >= 15 is 0 Å². The number of amides is 1. The molecule has 0 spiro atoms. The quantitative estimate of drug-likeness (QED) is 0.794. The summed E-state index contributed by atoms with van der Waals surface area (Å²) in [6.45, 7) is 11.2. The van der Waals surface area contributed by atoms with Crippen molar-refractivity contribution in [1.82, 2.24) is 0 Å². The molecule has 3 heteroatoms. The van der Waals surface area contributed by atoms with Crippen molar-refractivity contribution in [3.05, 3.63) is 76.1 Å². The van der Waals surface area contributed by atoms with Gasteiger partial charge in [0.05, 0.1) is 6.57 Å². The monoisotopic (exact) mass is 288 g/mol. The first kappa shape index (κ1) is 14.1. The first-order valence-corrected chi connectivity index (χ1v) is 7.18. The number of benzene rings is 2. The second-order valence-electron chi connectivity index (χ2n) is 5.49. The van der Waals surface area contributed by atoms with Crippen LogP contribution in [0.1, 0.15) is 34.0 Å². The lowest BCUT2D eigenvalue weighted by atomic mass is 9.99. The molecule has 1 amide bonds. The van der Waals surface area contributed by atoms with Crippen molar-refractivity contribution in [3.8, 4) is 0 Å². The minimum absolute atomic E-state index is 0.180. The minimum atomic E-state index is -0.180. The van der Waals surface area contributed by atoms with Crippen molar-refractivity contribution in [1.29, 1.82) is 0 Å². The van der Waals surface area contributed by atoms with Gasteiger partial charge in [0.1, 0.15) is 0 Å². The summed E-state index contributed by atoms with van der Waals surface area (Å²) in [5, 5.41) is 2.98. The lowest BCUT2D eigenvalue weighted by Crippen LogP contribution is -2.13. The van der Waals surface area contributed by atoms with E-state index in [0.717, 1.165) is 12.1 Å². The molecule has 3 nitrogen and oxygen atoms in total. The van der Waals surface area contributed by atoms with Gasteiger partial charge in [-0.05, 0) is 54.7 Å². The number of rotatable bonds is 2. The number of anilines is 1. The zero-order valence-electron chi connectivity index (χ0n) is 12.6. The Labute approximate surface area is 130 Å². The number of fused-ring (bicyclic) bond motifs is 1. The number of carbonyl (C=O) groups is 1. The topological polar surface area (TPSA) is 33.5 Å². The standard InChI is InChI=1S/C19H16N2O/c1-12-7-9-16-17(10-8-13(2)18(12)16)21-19(22)14-5-4-6-15(11-14)20-3/h4-8,10-11H,9H2,1-2H3,(H,21,22). The van der Waals surface area contributed by atoms with Gasteiger partial charge in [-0.1, -0.05) is 30.3 Å². The fraction of sp³-hybridized carbons (Fsp3) is 0.158. The molecule has 0 bridgehead atoms. The van der Waals surface area contributed by atoms with E-state index in [0.29, 0.717) is 11.3 Å². The number of allylic oxidation sites excluding steroid dienone is 2. The molecule has 2 aromatic carbocycles. The Balaban J connectivity index is 1.92. The molecule has 0 atom stereocenters. The normalized spacial score (nSPS) is 12.3. The fourth-order valence-corrected chi connectivity index (χ4v) is 2.91. The van der Waals surface area contributed by atoms with Crippen LogP contribution in [-0.4, -0.2) is 5.91 Å². The van der Waals surface area contributed by atoms with Gasteiger partial charge in [0.15, 0.2) is 5.69 Å². The molecule has 108 valence electrons. The van der Waals surface area contributed by atoms with E-state index in [1.807, 2.05) is 12.1 Å². The fourth-order valence-electron chi connectivity index (χ4n) is 2.91. The number of hydrogen-bond acceptors (Lipinski definition) is 1. The second-order valence-corrected chi connectivity index (χ2v) is 5.49. The summed E-state index contributed by atoms with van der Waals surface area (Å²) in [5.41, 5.74) is 6.74. The number of aryl methyl sites for hydroxylation is 1. The third-order valence-electron chi connectivity index (χ3n) is 4.01. The smallest absolute Gasteiger partial charge is 0.254 e. The molecule has 0 radical (unpaired) electrons. The number of hydrogen-bond donors (Lipinski definition) is 1. The molecule has 0 aliphatic heterocycles. The number of nitrogens with zero attached hydrogens (tertiary/aromatic N) is 1. The third-order valence-corrected chi connectivity index (χ3v) is 4.01. The lowest BCUT2D eigenvalue weighted by Gasteiger charge is -2.13. The highest BCUT2D eigenvalue weighted by Gasteiger charge is 2.18. The molecule has 22 heavy (non-hydrogen) atoms. The van der Waals surface area contributed by atoms with Crippen LogP contribution in [0, 0.1) is 13.5 Å². The highest BCUT2D eigenvalue weighted by molar-refractivity contribution is 6.05. The van der Waals surface area contributed by atoms with Crippen LogP contribution in [0.4, 0.5) is 11.4 Å². The molecule has 1 N–H and O–H groups in total. The zero-order valence-corrected chi connectivity index (χ0v) is 12.6. The van der Waals surface area contributed by atoms with Gasteiger partial charge in [0.2, 0.25) is 0 Å². The van der Waals surface area contributed by atoms with E-state index in [-0.39, 0.29) is 5.91 Å². The molecule has 0 heterocycles. The van der Waals surface area contributed by atoms with Crippen molar-refractivity contribution in [3.63, 3.8) is 0 Å². The maximum absolute atomic E-state index is 12.4. The highest BCUT2D eigenvalue weighted by atomic mass is 16.1. The van der Waals surface area contributed by atoms with Gasteiger partial charge in [-0.15, -0.1) is 0 Å². The molecular formula is C19H16N2O. The van der Waals surface area contributed by atoms with Crippen molar-refractivity contribution >= 4 is 22.9 Å². The molecule has 0 unspecified atom stereocenters. The Morgan fingerprint density at radius 3 is 2.82 bits per heavy atom. The Hall–Kier alpha value is -2.86. The van der Waals surface area contributed by atoms with Gasteiger partial charge >= 0.3 is 0 Å². The van der Waals surface area contributed by atoms with E-state index in [1.165, 1.54) is 22.3 Å². The highest BCUT2D eigenvalue weighted by Crippen LogP contribution is 2.35. The summed E-state index contributed by atoms with van der Waals surface area (Å²) in [6.07, 6.45) is 3.04. The maximum Gasteiger partial charge on any atom is 0.254 e. The first-order valence-electron chi connectivity index (χ1n) is 7.18. The summed E-state index contributed by atoms with van der Waals surface area (Å²) in [7, 11) is 0. The van der Waals surface area contributed by atoms with Gasteiger partial charge in [0, 0.05) is 11.3 Å². The zero-order chi connectivity index (χ0) is 15.7. The van der Waals surface area contributed by atoms with E-state index < -0.39 is 0 Å². The van der Waals surface area contributed by atoms with Crippen LogP contribution >= 0.6 is 0 Å². The summed E-state index contributed by atoms with van der Waals surface area (Å²) in [5.74, 6) is -0.180. The lowest BCUT2D eigenvalue weighted by molar-refractivity contribution is 0.102. The number of nitrogens with one attached hydrogen (secondary N) is 1. The SMILES string of the molecule is [C-]#[N+]c1cccc(C(=O)Nc2ccc(C)c3c2CC=C3C)c1. The van der Waals surface area contributed by atoms with E-state index in [9.17, 15) is 4.79 Å². The Bertz CT molecular complexity index is 841.